The van der Waals surface area contributed by atoms with Gasteiger partial charge < -0.3 is 15.3 Å². The minimum Gasteiger partial charge on any atom is -0.504 e. The first-order chi connectivity index (χ1) is 12.2. The number of hydrogen-bond donors (Lipinski definition) is 3. The molecule has 3 nitrogen and oxygen atoms in total. The Bertz CT molecular complexity index is 600. The van der Waals surface area contributed by atoms with Crippen LogP contribution in [0.5, 0.6) is 17.2 Å². The summed E-state index contributed by atoms with van der Waals surface area (Å²) in [7, 11) is 0. The fourth-order valence-corrected chi connectivity index (χ4v) is 3.65. The lowest BCUT2D eigenvalue weighted by atomic mass is 9.84. The van der Waals surface area contributed by atoms with Crippen LogP contribution in [0.25, 0.3) is 0 Å². The van der Waals surface area contributed by atoms with E-state index in [4.69, 9.17) is 0 Å². The third-order valence-corrected chi connectivity index (χ3v) is 6.52. The normalized spacial score (nSPS) is 16.0. The smallest absolute Gasteiger partial charge is 0.200 e. The lowest BCUT2D eigenvalue weighted by Gasteiger charge is -2.22. The quantitative estimate of drug-likeness (QED) is 0.312. The van der Waals surface area contributed by atoms with Crippen molar-refractivity contribution >= 4 is 0 Å². The van der Waals surface area contributed by atoms with Crippen LogP contribution in [-0.2, 0) is 12.8 Å². The Labute approximate surface area is 159 Å². The van der Waals surface area contributed by atoms with Gasteiger partial charge in [0.05, 0.1) is 0 Å². The highest BCUT2D eigenvalue weighted by atomic mass is 16.3. The molecule has 0 aliphatic heterocycles. The molecule has 0 spiro atoms. The Morgan fingerprint density at radius 2 is 1.62 bits per heavy atom. The largest absolute Gasteiger partial charge is 0.504 e. The first kappa shape index (κ1) is 20.9. The first-order valence-electron chi connectivity index (χ1n) is 10.4. The highest BCUT2D eigenvalue weighted by Gasteiger charge is 2.35. The van der Waals surface area contributed by atoms with Crippen molar-refractivity contribution in [3.8, 4) is 17.2 Å². The molecule has 0 aromatic heterocycles. The van der Waals surface area contributed by atoms with Crippen LogP contribution in [0.3, 0.4) is 0 Å². The highest BCUT2D eigenvalue weighted by Crippen LogP contribution is 2.49. The number of benzene rings is 1. The summed E-state index contributed by atoms with van der Waals surface area (Å²) in [6.45, 7) is 9.17. The Hall–Kier alpha value is -1.38. The van der Waals surface area contributed by atoms with Gasteiger partial charge in [0.2, 0.25) is 5.75 Å². The lowest BCUT2D eigenvalue weighted by molar-refractivity contribution is 0.309. The molecule has 1 aliphatic rings. The van der Waals surface area contributed by atoms with E-state index in [0.29, 0.717) is 10.8 Å². The van der Waals surface area contributed by atoms with Crippen LogP contribution >= 0.6 is 0 Å². The molecule has 0 unspecified atom stereocenters. The summed E-state index contributed by atoms with van der Waals surface area (Å²) >= 11 is 0. The number of rotatable bonds is 11. The minimum atomic E-state index is -0.372. The Morgan fingerprint density at radius 1 is 0.962 bits per heavy atom. The van der Waals surface area contributed by atoms with E-state index in [1.54, 1.807) is 6.07 Å². The zero-order valence-corrected chi connectivity index (χ0v) is 17.2. The average molecular weight is 363 g/mol. The van der Waals surface area contributed by atoms with Crippen molar-refractivity contribution in [2.45, 2.75) is 98.3 Å². The van der Waals surface area contributed by atoms with Gasteiger partial charge in [0.15, 0.2) is 11.5 Å². The zero-order chi connectivity index (χ0) is 19.4. The average Bonchev–Trinajstić information content (AvgIpc) is 3.33. The second-order valence-corrected chi connectivity index (χ2v) is 9.47. The second-order valence-electron chi connectivity index (χ2n) is 9.47. The van der Waals surface area contributed by atoms with Crippen molar-refractivity contribution in [2.75, 3.05) is 0 Å². The van der Waals surface area contributed by atoms with Gasteiger partial charge in [-0.15, -0.1) is 0 Å². The molecule has 148 valence electrons. The summed E-state index contributed by atoms with van der Waals surface area (Å²) in [4.78, 5) is 0. The SMILES string of the molecule is CCC(C)(C)CCCCc1c(CCCCC2(C)CC2)cc(O)c(O)c1O. The number of aromatic hydroxyl groups is 3. The number of hydrogen-bond acceptors (Lipinski definition) is 3. The van der Waals surface area contributed by atoms with Crippen LogP contribution in [0.1, 0.15) is 96.6 Å². The van der Waals surface area contributed by atoms with E-state index in [1.807, 2.05) is 0 Å². The molecule has 0 heterocycles. The first-order valence-corrected chi connectivity index (χ1v) is 10.4. The van der Waals surface area contributed by atoms with Crippen LogP contribution in [0.15, 0.2) is 6.07 Å². The van der Waals surface area contributed by atoms with Crippen LogP contribution in [-0.4, -0.2) is 15.3 Å². The van der Waals surface area contributed by atoms with Gasteiger partial charge in [-0.2, -0.15) is 0 Å². The third kappa shape index (κ3) is 5.82. The summed E-state index contributed by atoms with van der Waals surface area (Å²) in [6, 6.07) is 1.65. The Balaban J connectivity index is 1.94. The third-order valence-electron chi connectivity index (χ3n) is 6.52. The molecule has 1 fully saturated rings. The van der Waals surface area contributed by atoms with E-state index >= 15 is 0 Å². The Morgan fingerprint density at radius 3 is 2.23 bits per heavy atom. The van der Waals surface area contributed by atoms with E-state index in [1.165, 1.54) is 38.5 Å². The van der Waals surface area contributed by atoms with Gasteiger partial charge in [-0.25, -0.2) is 0 Å². The van der Waals surface area contributed by atoms with Crippen LogP contribution in [0.2, 0.25) is 0 Å². The van der Waals surface area contributed by atoms with E-state index < -0.39 is 0 Å². The molecule has 3 N–H and O–H groups in total. The number of phenols is 3. The van der Waals surface area contributed by atoms with Crippen molar-refractivity contribution in [3.63, 3.8) is 0 Å². The highest BCUT2D eigenvalue weighted by molar-refractivity contribution is 5.57. The van der Waals surface area contributed by atoms with Crippen LogP contribution in [0.4, 0.5) is 0 Å². The monoisotopic (exact) mass is 362 g/mol. The summed E-state index contributed by atoms with van der Waals surface area (Å²) < 4.78 is 0. The predicted molar refractivity (Wildman–Crippen MR) is 108 cm³/mol. The second kappa shape index (κ2) is 8.54. The van der Waals surface area contributed by atoms with Crippen molar-refractivity contribution < 1.29 is 15.3 Å². The van der Waals surface area contributed by atoms with Crippen LogP contribution < -0.4 is 0 Å². The van der Waals surface area contributed by atoms with Gasteiger partial charge in [0.25, 0.3) is 0 Å². The molecule has 1 saturated carbocycles. The summed E-state index contributed by atoms with van der Waals surface area (Å²) in [6.07, 6.45) is 12.3. The molecule has 1 aromatic carbocycles. The molecule has 3 heteroatoms. The van der Waals surface area contributed by atoms with E-state index in [2.05, 4.69) is 27.7 Å². The molecule has 0 bridgehead atoms. The molecular formula is C23H38O3. The summed E-state index contributed by atoms with van der Waals surface area (Å²) in [5, 5.41) is 30.2. The standard InChI is InChI=1S/C23H38O3/c1-5-22(2,3)12-8-7-11-18-17(16-19(24)21(26)20(18)25)10-6-9-13-23(4)14-15-23/h16,24-26H,5-15H2,1-4H3. The summed E-state index contributed by atoms with van der Waals surface area (Å²) in [5.74, 6) is -0.699. The van der Waals surface area contributed by atoms with E-state index in [9.17, 15) is 15.3 Å². The van der Waals surface area contributed by atoms with Crippen LogP contribution in [0, 0.1) is 10.8 Å². The fraction of sp³-hybridized carbons (Fsp3) is 0.739. The van der Waals surface area contributed by atoms with Gasteiger partial charge >= 0.3 is 0 Å². The Kier molecular flexibility index (Phi) is 6.87. The minimum absolute atomic E-state index is 0.121. The van der Waals surface area contributed by atoms with Gasteiger partial charge in [-0.1, -0.05) is 47.0 Å². The van der Waals surface area contributed by atoms with Gasteiger partial charge in [-0.3, -0.25) is 0 Å². The number of aryl methyl sites for hydroxylation is 1. The molecule has 1 aliphatic carbocycles. The molecule has 0 atom stereocenters. The molecule has 1 aromatic rings. The number of unbranched alkanes of at least 4 members (excludes halogenated alkanes) is 2. The fourth-order valence-electron chi connectivity index (χ4n) is 3.65. The van der Waals surface area contributed by atoms with Gasteiger partial charge in [0.1, 0.15) is 0 Å². The van der Waals surface area contributed by atoms with Crippen molar-refractivity contribution in [1.29, 1.82) is 0 Å². The molecule has 26 heavy (non-hydrogen) atoms. The maximum atomic E-state index is 10.4. The maximum absolute atomic E-state index is 10.4. The number of phenolic OH excluding ortho intramolecular Hbond substituents is 3. The zero-order valence-electron chi connectivity index (χ0n) is 17.2. The molecule has 0 saturated heterocycles. The van der Waals surface area contributed by atoms with E-state index in [-0.39, 0.29) is 17.2 Å². The lowest BCUT2D eigenvalue weighted by Crippen LogP contribution is -2.09. The van der Waals surface area contributed by atoms with Gasteiger partial charge in [-0.05, 0) is 73.8 Å². The topological polar surface area (TPSA) is 60.7 Å². The molecule has 0 amide bonds. The predicted octanol–water partition coefficient (Wildman–Crippen LogP) is 6.47. The van der Waals surface area contributed by atoms with Crippen molar-refractivity contribution in [3.05, 3.63) is 17.2 Å². The van der Waals surface area contributed by atoms with Crippen molar-refractivity contribution in [2.24, 2.45) is 10.8 Å². The summed E-state index contributed by atoms with van der Waals surface area (Å²) in [5.41, 5.74) is 2.76. The van der Waals surface area contributed by atoms with Gasteiger partial charge in [0, 0.05) is 5.56 Å². The van der Waals surface area contributed by atoms with Crippen molar-refractivity contribution in [1.82, 2.24) is 0 Å². The molecule has 0 radical (unpaired) electrons. The maximum Gasteiger partial charge on any atom is 0.200 e. The molecule has 2 rings (SSSR count). The van der Waals surface area contributed by atoms with E-state index in [0.717, 1.165) is 43.2 Å². The molecular weight excluding hydrogens is 324 g/mol.